The summed E-state index contributed by atoms with van der Waals surface area (Å²) in [5, 5.41) is 4.26. The molecule has 1 aromatic rings. The van der Waals surface area contributed by atoms with Crippen molar-refractivity contribution in [2.75, 3.05) is 26.7 Å². The summed E-state index contributed by atoms with van der Waals surface area (Å²) < 4.78 is 0. The topological polar surface area (TPSA) is 15.3 Å². The first-order chi connectivity index (χ1) is 8.74. The molecule has 0 bridgehead atoms. The van der Waals surface area contributed by atoms with Crippen LogP contribution in [0.3, 0.4) is 0 Å². The molecule has 1 atom stereocenters. The second-order valence-electron chi connectivity index (χ2n) is 5.37. The molecule has 2 rings (SSSR count). The van der Waals surface area contributed by atoms with E-state index in [9.17, 15) is 0 Å². The van der Waals surface area contributed by atoms with Crippen molar-refractivity contribution >= 4 is 11.6 Å². The van der Waals surface area contributed by atoms with Gasteiger partial charge in [0, 0.05) is 11.6 Å². The van der Waals surface area contributed by atoms with E-state index in [1.165, 1.54) is 44.5 Å². The maximum Gasteiger partial charge on any atom is 0.0409 e. The molecule has 0 radical (unpaired) electrons. The molecular formula is C15H23ClN2. The van der Waals surface area contributed by atoms with Gasteiger partial charge < -0.3 is 10.2 Å². The Morgan fingerprint density at radius 3 is 3.06 bits per heavy atom. The van der Waals surface area contributed by atoms with Gasteiger partial charge in [0.1, 0.15) is 0 Å². The van der Waals surface area contributed by atoms with E-state index in [1.54, 1.807) is 0 Å². The standard InChI is InChI=1S/C15H23ClN2/c1-18(9-3-5-13-7-8-17-11-13)12-14-4-2-6-15(16)10-14/h2,4,6,10,13,17H,3,5,7-9,11-12H2,1H3. The fourth-order valence-corrected chi connectivity index (χ4v) is 2.85. The third-order valence-corrected chi connectivity index (χ3v) is 3.89. The minimum absolute atomic E-state index is 0.831. The molecule has 0 spiro atoms. The summed E-state index contributed by atoms with van der Waals surface area (Å²) in [5.74, 6) is 0.907. The van der Waals surface area contributed by atoms with Crippen LogP contribution in [0.5, 0.6) is 0 Å². The van der Waals surface area contributed by atoms with E-state index < -0.39 is 0 Å². The molecule has 1 heterocycles. The quantitative estimate of drug-likeness (QED) is 0.851. The number of benzene rings is 1. The van der Waals surface area contributed by atoms with Crippen LogP contribution in [0.4, 0.5) is 0 Å². The maximum atomic E-state index is 5.99. The molecule has 1 saturated heterocycles. The van der Waals surface area contributed by atoms with Crippen molar-refractivity contribution in [3.8, 4) is 0 Å². The highest BCUT2D eigenvalue weighted by molar-refractivity contribution is 6.30. The second-order valence-corrected chi connectivity index (χ2v) is 5.81. The Kier molecular flexibility index (Phi) is 5.48. The molecule has 3 heteroatoms. The lowest BCUT2D eigenvalue weighted by molar-refractivity contribution is 0.308. The summed E-state index contributed by atoms with van der Waals surface area (Å²) in [4.78, 5) is 2.38. The second kappa shape index (κ2) is 7.13. The van der Waals surface area contributed by atoms with Gasteiger partial charge in [0.25, 0.3) is 0 Å². The Morgan fingerprint density at radius 1 is 1.44 bits per heavy atom. The van der Waals surface area contributed by atoms with Gasteiger partial charge in [0.2, 0.25) is 0 Å². The molecule has 18 heavy (non-hydrogen) atoms. The first kappa shape index (κ1) is 13.9. The largest absolute Gasteiger partial charge is 0.316 e. The van der Waals surface area contributed by atoms with E-state index in [1.807, 2.05) is 12.1 Å². The summed E-state index contributed by atoms with van der Waals surface area (Å²) in [6.07, 6.45) is 4.01. The van der Waals surface area contributed by atoms with Gasteiger partial charge in [-0.3, -0.25) is 0 Å². The van der Waals surface area contributed by atoms with Crippen molar-refractivity contribution in [3.63, 3.8) is 0 Å². The smallest absolute Gasteiger partial charge is 0.0409 e. The van der Waals surface area contributed by atoms with Crippen LogP contribution in [0.25, 0.3) is 0 Å². The van der Waals surface area contributed by atoms with E-state index in [2.05, 4.69) is 29.4 Å². The average molecular weight is 267 g/mol. The first-order valence-corrected chi connectivity index (χ1v) is 7.25. The van der Waals surface area contributed by atoms with Gasteiger partial charge in [-0.2, -0.15) is 0 Å². The van der Waals surface area contributed by atoms with Crippen molar-refractivity contribution in [3.05, 3.63) is 34.9 Å². The van der Waals surface area contributed by atoms with E-state index in [-0.39, 0.29) is 0 Å². The van der Waals surface area contributed by atoms with Crippen LogP contribution >= 0.6 is 11.6 Å². The Bertz CT molecular complexity index is 361. The Balaban J connectivity index is 1.66. The molecule has 1 aliphatic heterocycles. The van der Waals surface area contributed by atoms with Crippen LogP contribution < -0.4 is 5.32 Å². The molecular weight excluding hydrogens is 244 g/mol. The fourth-order valence-electron chi connectivity index (χ4n) is 2.64. The van der Waals surface area contributed by atoms with Crippen LogP contribution in [0.15, 0.2) is 24.3 Å². The molecule has 1 fully saturated rings. The van der Waals surface area contributed by atoms with Gasteiger partial charge in [-0.1, -0.05) is 23.7 Å². The SMILES string of the molecule is CN(CCCC1CCNC1)Cc1cccc(Cl)c1. The summed E-state index contributed by atoms with van der Waals surface area (Å²) in [7, 11) is 2.19. The minimum Gasteiger partial charge on any atom is -0.316 e. The molecule has 100 valence electrons. The Labute approximate surface area is 115 Å². The molecule has 1 aromatic carbocycles. The van der Waals surface area contributed by atoms with Crippen molar-refractivity contribution in [2.24, 2.45) is 5.92 Å². The van der Waals surface area contributed by atoms with Crippen molar-refractivity contribution in [2.45, 2.75) is 25.8 Å². The van der Waals surface area contributed by atoms with Crippen LogP contribution in [-0.4, -0.2) is 31.6 Å². The normalized spacial score (nSPS) is 19.6. The lowest BCUT2D eigenvalue weighted by atomic mass is 10.0. The zero-order valence-corrected chi connectivity index (χ0v) is 11.9. The summed E-state index contributed by atoms with van der Waals surface area (Å²) in [6.45, 7) is 4.59. The molecule has 1 aliphatic rings. The van der Waals surface area contributed by atoms with Gasteiger partial charge in [-0.05, 0) is 69.6 Å². The summed E-state index contributed by atoms with van der Waals surface area (Å²) >= 11 is 5.99. The van der Waals surface area contributed by atoms with Crippen LogP contribution in [0, 0.1) is 5.92 Å². The fraction of sp³-hybridized carbons (Fsp3) is 0.600. The minimum atomic E-state index is 0.831. The van der Waals surface area contributed by atoms with Gasteiger partial charge in [-0.15, -0.1) is 0 Å². The third kappa shape index (κ3) is 4.60. The van der Waals surface area contributed by atoms with Crippen molar-refractivity contribution in [1.82, 2.24) is 10.2 Å². The van der Waals surface area contributed by atoms with Crippen molar-refractivity contribution < 1.29 is 0 Å². The number of nitrogens with one attached hydrogen (secondary N) is 1. The third-order valence-electron chi connectivity index (χ3n) is 3.66. The zero-order valence-electron chi connectivity index (χ0n) is 11.2. The highest BCUT2D eigenvalue weighted by atomic mass is 35.5. The lowest BCUT2D eigenvalue weighted by Gasteiger charge is -2.17. The maximum absolute atomic E-state index is 5.99. The van der Waals surface area contributed by atoms with Crippen LogP contribution in [0.1, 0.15) is 24.8 Å². The van der Waals surface area contributed by atoms with Gasteiger partial charge >= 0.3 is 0 Å². The highest BCUT2D eigenvalue weighted by Gasteiger charge is 2.13. The summed E-state index contributed by atoms with van der Waals surface area (Å²) in [5.41, 5.74) is 1.30. The van der Waals surface area contributed by atoms with E-state index in [4.69, 9.17) is 11.6 Å². The van der Waals surface area contributed by atoms with Gasteiger partial charge in [0.05, 0.1) is 0 Å². The number of hydrogen-bond acceptors (Lipinski definition) is 2. The van der Waals surface area contributed by atoms with Crippen molar-refractivity contribution in [1.29, 1.82) is 0 Å². The molecule has 1 N–H and O–H groups in total. The number of rotatable bonds is 6. The summed E-state index contributed by atoms with van der Waals surface area (Å²) in [6, 6.07) is 8.15. The number of halogens is 1. The molecule has 0 aromatic heterocycles. The number of nitrogens with zero attached hydrogens (tertiary/aromatic N) is 1. The monoisotopic (exact) mass is 266 g/mol. The Morgan fingerprint density at radius 2 is 2.33 bits per heavy atom. The van der Waals surface area contributed by atoms with E-state index in [0.717, 1.165) is 17.5 Å². The molecule has 2 nitrogen and oxygen atoms in total. The number of hydrogen-bond donors (Lipinski definition) is 1. The lowest BCUT2D eigenvalue weighted by Crippen LogP contribution is -2.20. The zero-order chi connectivity index (χ0) is 12.8. The average Bonchev–Trinajstić information content (AvgIpc) is 2.82. The molecule has 0 amide bonds. The molecule has 1 unspecified atom stereocenters. The van der Waals surface area contributed by atoms with Gasteiger partial charge in [-0.25, -0.2) is 0 Å². The van der Waals surface area contributed by atoms with Crippen LogP contribution in [0.2, 0.25) is 5.02 Å². The first-order valence-electron chi connectivity index (χ1n) is 6.88. The van der Waals surface area contributed by atoms with Gasteiger partial charge in [0.15, 0.2) is 0 Å². The van der Waals surface area contributed by atoms with Crippen LogP contribution in [-0.2, 0) is 6.54 Å². The Hall–Kier alpha value is -0.570. The predicted octanol–water partition coefficient (Wildman–Crippen LogP) is 3.16. The predicted molar refractivity (Wildman–Crippen MR) is 78.0 cm³/mol. The molecule has 0 saturated carbocycles. The highest BCUT2D eigenvalue weighted by Crippen LogP contribution is 2.15. The molecule has 0 aliphatic carbocycles. The van der Waals surface area contributed by atoms with E-state index >= 15 is 0 Å². The van der Waals surface area contributed by atoms with E-state index in [0.29, 0.717) is 0 Å².